The Kier molecular flexibility index (Phi) is 7.83. The molecule has 9 heteroatoms. The fraction of sp³-hybridized carbons (Fsp3) is 0.480. The van der Waals surface area contributed by atoms with Crippen LogP contribution in [0.25, 0.3) is 0 Å². The maximum absolute atomic E-state index is 13.1. The van der Waals surface area contributed by atoms with Crippen molar-refractivity contribution in [3.8, 4) is 5.75 Å². The van der Waals surface area contributed by atoms with Gasteiger partial charge in [-0.1, -0.05) is 18.2 Å². The number of hydrogen-bond acceptors (Lipinski definition) is 4. The Morgan fingerprint density at radius 1 is 1.03 bits per heavy atom. The zero-order chi connectivity index (χ0) is 24.1. The highest BCUT2D eigenvalue weighted by atomic mass is 32.2. The van der Waals surface area contributed by atoms with Gasteiger partial charge < -0.3 is 10.1 Å². The lowest BCUT2D eigenvalue weighted by Gasteiger charge is -2.31. The predicted molar refractivity (Wildman–Crippen MR) is 124 cm³/mol. The Labute approximate surface area is 199 Å². The van der Waals surface area contributed by atoms with Crippen molar-refractivity contribution >= 4 is 15.9 Å². The van der Waals surface area contributed by atoms with Crippen LogP contribution in [0.3, 0.4) is 0 Å². The van der Waals surface area contributed by atoms with E-state index < -0.39 is 16.6 Å². The van der Waals surface area contributed by atoms with Crippen molar-refractivity contribution in [3.63, 3.8) is 0 Å². The molecule has 1 heterocycles. The predicted octanol–water partition coefficient (Wildman–Crippen LogP) is 3.93. The topological polar surface area (TPSA) is 75.7 Å². The molecule has 0 saturated carbocycles. The number of piperidine rings is 1. The minimum atomic E-state index is -3.56. The lowest BCUT2D eigenvalue weighted by Crippen LogP contribution is -2.43. The van der Waals surface area contributed by atoms with Gasteiger partial charge >= 0.3 is 6.61 Å². The fourth-order valence-corrected chi connectivity index (χ4v) is 6.21. The lowest BCUT2D eigenvalue weighted by molar-refractivity contribution is -0.126. The van der Waals surface area contributed by atoms with Crippen LogP contribution in [-0.2, 0) is 34.1 Å². The second kappa shape index (κ2) is 10.8. The lowest BCUT2D eigenvalue weighted by atomic mass is 9.92. The maximum atomic E-state index is 13.1. The van der Waals surface area contributed by atoms with E-state index in [1.54, 1.807) is 18.2 Å². The number of aryl methyl sites for hydroxylation is 2. The van der Waals surface area contributed by atoms with Gasteiger partial charge in [-0.05, 0) is 85.9 Å². The summed E-state index contributed by atoms with van der Waals surface area (Å²) in [5, 5.41) is 2.91. The van der Waals surface area contributed by atoms with Crippen LogP contribution < -0.4 is 10.1 Å². The number of nitrogens with zero attached hydrogens (tertiary/aromatic N) is 1. The third kappa shape index (κ3) is 5.93. The number of amides is 1. The number of sulfonamides is 1. The molecule has 4 rings (SSSR count). The van der Waals surface area contributed by atoms with Crippen LogP contribution in [0.2, 0.25) is 0 Å². The Morgan fingerprint density at radius 3 is 2.38 bits per heavy atom. The van der Waals surface area contributed by atoms with Gasteiger partial charge in [0.1, 0.15) is 5.75 Å². The molecule has 1 aliphatic heterocycles. The standard InChI is InChI=1S/C25H30F2N2O4S/c26-25(27)33-22-8-5-18(6-9-22)11-14-28-24(30)20-12-15-29(16-13-20)34(31,32)23-10-7-19-3-1-2-4-21(19)17-23/h5-10,17,20,25H,1-4,11-16H2,(H,28,30). The van der Waals surface area contributed by atoms with Crippen LogP contribution in [0.5, 0.6) is 5.75 Å². The summed E-state index contributed by atoms with van der Waals surface area (Å²) < 4.78 is 56.5. The molecule has 0 spiro atoms. The van der Waals surface area contributed by atoms with Gasteiger partial charge in [-0.3, -0.25) is 4.79 Å². The van der Waals surface area contributed by atoms with E-state index in [1.807, 2.05) is 12.1 Å². The Hall–Kier alpha value is -2.52. The van der Waals surface area contributed by atoms with Crippen LogP contribution in [0.4, 0.5) is 8.78 Å². The van der Waals surface area contributed by atoms with Crippen molar-refractivity contribution in [2.75, 3.05) is 19.6 Å². The van der Waals surface area contributed by atoms with Gasteiger partial charge in [0, 0.05) is 25.6 Å². The highest BCUT2D eigenvalue weighted by Gasteiger charge is 2.32. The number of rotatable bonds is 8. The van der Waals surface area contributed by atoms with Crippen molar-refractivity contribution in [1.82, 2.24) is 9.62 Å². The molecular weight excluding hydrogens is 462 g/mol. The first-order valence-corrected chi connectivity index (χ1v) is 13.2. The average Bonchev–Trinajstić information content (AvgIpc) is 2.84. The van der Waals surface area contributed by atoms with Crippen molar-refractivity contribution in [2.45, 2.75) is 56.5 Å². The quantitative estimate of drug-likeness (QED) is 0.606. The first-order chi connectivity index (χ1) is 16.3. The Morgan fingerprint density at radius 2 is 1.71 bits per heavy atom. The van der Waals surface area contributed by atoms with Crippen molar-refractivity contribution < 1.29 is 26.7 Å². The van der Waals surface area contributed by atoms with Crippen LogP contribution >= 0.6 is 0 Å². The summed E-state index contributed by atoms with van der Waals surface area (Å²) in [6, 6.07) is 11.8. The van der Waals surface area contributed by atoms with E-state index >= 15 is 0 Å². The van der Waals surface area contributed by atoms with Crippen LogP contribution in [0.15, 0.2) is 47.4 Å². The molecule has 184 valence electrons. The molecule has 1 saturated heterocycles. The van der Waals surface area contributed by atoms with Crippen molar-refractivity contribution in [3.05, 3.63) is 59.2 Å². The maximum Gasteiger partial charge on any atom is 0.387 e. The number of hydrogen-bond donors (Lipinski definition) is 1. The second-order valence-corrected chi connectivity index (χ2v) is 10.8. The van der Waals surface area contributed by atoms with Gasteiger partial charge in [0.25, 0.3) is 0 Å². The molecular formula is C25H30F2N2O4S. The minimum absolute atomic E-state index is 0.0801. The smallest absolute Gasteiger partial charge is 0.387 e. The number of benzene rings is 2. The van der Waals surface area contributed by atoms with Crippen LogP contribution in [-0.4, -0.2) is 44.9 Å². The summed E-state index contributed by atoms with van der Waals surface area (Å²) in [7, 11) is -3.56. The summed E-state index contributed by atoms with van der Waals surface area (Å²) in [6.45, 7) is -1.79. The number of nitrogens with one attached hydrogen (secondary N) is 1. The van der Waals surface area contributed by atoms with E-state index in [4.69, 9.17) is 0 Å². The molecule has 1 N–H and O–H groups in total. The van der Waals surface area contributed by atoms with Gasteiger partial charge in [-0.25, -0.2) is 8.42 Å². The van der Waals surface area contributed by atoms with Gasteiger partial charge in [0.2, 0.25) is 15.9 Å². The molecule has 0 atom stereocenters. The van der Waals surface area contributed by atoms with Gasteiger partial charge in [-0.2, -0.15) is 13.1 Å². The normalized spacial score (nSPS) is 17.4. The number of fused-ring (bicyclic) bond motifs is 1. The number of carbonyl (C=O) groups excluding carboxylic acids is 1. The molecule has 0 bridgehead atoms. The second-order valence-electron chi connectivity index (χ2n) is 8.88. The zero-order valence-electron chi connectivity index (χ0n) is 19.0. The van der Waals surface area contributed by atoms with Crippen LogP contribution in [0.1, 0.15) is 42.4 Å². The van der Waals surface area contributed by atoms with Crippen molar-refractivity contribution in [1.29, 1.82) is 0 Å². The van der Waals surface area contributed by atoms with Gasteiger partial charge in [-0.15, -0.1) is 0 Å². The molecule has 1 fully saturated rings. The zero-order valence-corrected chi connectivity index (χ0v) is 19.8. The van der Waals surface area contributed by atoms with E-state index in [-0.39, 0.29) is 17.6 Å². The SMILES string of the molecule is O=C(NCCc1ccc(OC(F)F)cc1)C1CCN(S(=O)(=O)c2ccc3c(c2)CCCC3)CC1. The fourth-order valence-electron chi connectivity index (χ4n) is 4.69. The molecule has 34 heavy (non-hydrogen) atoms. The molecule has 2 aromatic rings. The van der Waals surface area contributed by atoms with Gasteiger partial charge in [0.15, 0.2) is 0 Å². The highest BCUT2D eigenvalue weighted by molar-refractivity contribution is 7.89. The Balaban J connectivity index is 1.25. The number of halogens is 2. The molecule has 0 aromatic heterocycles. The third-order valence-corrected chi connectivity index (χ3v) is 8.54. The molecule has 2 aromatic carbocycles. The van der Waals surface area contributed by atoms with E-state index in [0.29, 0.717) is 43.8 Å². The summed E-state index contributed by atoms with van der Waals surface area (Å²) in [5.41, 5.74) is 3.28. The first kappa shape index (κ1) is 24.6. The van der Waals surface area contributed by atoms with E-state index in [2.05, 4.69) is 10.1 Å². The number of ether oxygens (including phenoxy) is 1. The molecule has 1 amide bonds. The monoisotopic (exact) mass is 492 g/mol. The van der Waals surface area contributed by atoms with Crippen molar-refractivity contribution in [2.24, 2.45) is 5.92 Å². The minimum Gasteiger partial charge on any atom is -0.435 e. The third-order valence-electron chi connectivity index (χ3n) is 6.64. The highest BCUT2D eigenvalue weighted by Crippen LogP contribution is 2.28. The first-order valence-electron chi connectivity index (χ1n) is 11.8. The average molecular weight is 493 g/mol. The molecule has 2 aliphatic rings. The summed E-state index contributed by atoms with van der Waals surface area (Å²) >= 11 is 0. The van der Waals surface area contributed by atoms with Crippen LogP contribution in [0, 0.1) is 5.92 Å². The Bertz CT molecular complexity index is 1100. The summed E-state index contributed by atoms with van der Waals surface area (Å²) in [4.78, 5) is 12.9. The number of alkyl halides is 2. The summed E-state index contributed by atoms with van der Waals surface area (Å²) in [5.74, 6) is -0.208. The molecule has 0 unspecified atom stereocenters. The molecule has 6 nitrogen and oxygen atoms in total. The summed E-state index contributed by atoms with van der Waals surface area (Å²) in [6.07, 6.45) is 5.70. The van der Waals surface area contributed by atoms with E-state index in [1.165, 1.54) is 22.0 Å². The van der Waals surface area contributed by atoms with E-state index in [0.717, 1.165) is 36.8 Å². The van der Waals surface area contributed by atoms with Gasteiger partial charge in [0.05, 0.1) is 4.90 Å². The largest absolute Gasteiger partial charge is 0.435 e. The molecule has 0 radical (unpaired) electrons. The molecule has 1 aliphatic carbocycles. The van der Waals surface area contributed by atoms with E-state index in [9.17, 15) is 22.0 Å². The number of carbonyl (C=O) groups is 1.